The number of nitrogens with one attached hydrogen (secondary N) is 1. The van der Waals surface area contributed by atoms with E-state index in [4.69, 9.17) is 4.74 Å². The summed E-state index contributed by atoms with van der Waals surface area (Å²) in [5.41, 5.74) is 3.42. The molecule has 2 N–H and O–H groups in total. The van der Waals surface area contributed by atoms with Gasteiger partial charge in [-0.25, -0.2) is 0 Å². The average Bonchev–Trinajstić information content (AvgIpc) is 2.58. The predicted molar refractivity (Wildman–Crippen MR) is 95.5 cm³/mol. The minimum atomic E-state index is -0.921. The highest BCUT2D eigenvalue weighted by molar-refractivity contribution is 5.94. The minimum absolute atomic E-state index is 0.0800. The standard InChI is InChI=1S/C20H23NO4/c1-14-5-3-6-15(9-14)10-18(20(23)24)12-21-19(22)17-8-4-7-16(11-17)13-25-2/h3-9,11,18H,10,12-13H2,1-2H3,(H,21,22)(H,23,24). The molecule has 0 aliphatic heterocycles. The second-order valence-corrected chi connectivity index (χ2v) is 6.07. The number of carboxylic acid groups (broad SMARTS) is 1. The van der Waals surface area contributed by atoms with Crippen LogP contribution in [0.15, 0.2) is 48.5 Å². The van der Waals surface area contributed by atoms with Gasteiger partial charge in [-0.3, -0.25) is 9.59 Å². The number of carbonyl (C=O) groups is 2. The van der Waals surface area contributed by atoms with Crippen molar-refractivity contribution in [3.05, 3.63) is 70.8 Å². The molecular weight excluding hydrogens is 318 g/mol. The summed E-state index contributed by atoms with van der Waals surface area (Å²) < 4.78 is 5.06. The van der Waals surface area contributed by atoms with Crippen LogP contribution in [-0.2, 0) is 22.6 Å². The summed E-state index contributed by atoms with van der Waals surface area (Å²) in [6.45, 7) is 2.47. The minimum Gasteiger partial charge on any atom is -0.481 e. The SMILES string of the molecule is COCc1cccc(C(=O)NCC(Cc2cccc(C)c2)C(=O)O)c1. The van der Waals surface area contributed by atoms with Gasteiger partial charge < -0.3 is 15.2 Å². The Morgan fingerprint density at radius 3 is 2.52 bits per heavy atom. The first-order valence-corrected chi connectivity index (χ1v) is 8.14. The molecule has 1 amide bonds. The number of benzene rings is 2. The van der Waals surface area contributed by atoms with Crippen LogP contribution in [-0.4, -0.2) is 30.6 Å². The lowest BCUT2D eigenvalue weighted by atomic mass is 9.98. The van der Waals surface area contributed by atoms with Crippen molar-refractivity contribution in [1.82, 2.24) is 5.32 Å². The van der Waals surface area contributed by atoms with Crippen molar-refractivity contribution in [2.75, 3.05) is 13.7 Å². The fourth-order valence-electron chi connectivity index (χ4n) is 2.66. The molecule has 0 heterocycles. The first kappa shape index (κ1) is 18.7. The van der Waals surface area contributed by atoms with Gasteiger partial charge in [-0.2, -0.15) is 0 Å². The van der Waals surface area contributed by atoms with E-state index in [1.807, 2.05) is 37.3 Å². The summed E-state index contributed by atoms with van der Waals surface area (Å²) in [5.74, 6) is -1.88. The van der Waals surface area contributed by atoms with Crippen molar-refractivity contribution in [3.63, 3.8) is 0 Å². The van der Waals surface area contributed by atoms with E-state index in [9.17, 15) is 14.7 Å². The molecule has 0 fully saturated rings. The van der Waals surface area contributed by atoms with E-state index in [-0.39, 0.29) is 12.5 Å². The number of hydrogen-bond donors (Lipinski definition) is 2. The molecule has 0 saturated carbocycles. The molecule has 5 nitrogen and oxygen atoms in total. The first-order valence-electron chi connectivity index (χ1n) is 8.14. The summed E-state index contributed by atoms with van der Waals surface area (Å²) in [4.78, 5) is 23.8. The van der Waals surface area contributed by atoms with Crippen molar-refractivity contribution in [2.24, 2.45) is 5.92 Å². The van der Waals surface area contributed by atoms with Crippen LogP contribution in [0.5, 0.6) is 0 Å². The second kappa shape index (κ2) is 8.99. The van der Waals surface area contributed by atoms with Crippen molar-refractivity contribution >= 4 is 11.9 Å². The Morgan fingerprint density at radius 2 is 1.84 bits per heavy atom. The number of carbonyl (C=O) groups excluding carboxylic acids is 1. The number of carboxylic acids is 1. The molecule has 0 aliphatic rings. The van der Waals surface area contributed by atoms with Crippen LogP contribution in [0.2, 0.25) is 0 Å². The molecule has 132 valence electrons. The zero-order valence-electron chi connectivity index (χ0n) is 14.5. The molecule has 2 rings (SSSR count). The molecule has 5 heteroatoms. The monoisotopic (exact) mass is 341 g/mol. The Hall–Kier alpha value is -2.66. The molecule has 1 atom stereocenters. The quantitative estimate of drug-likeness (QED) is 0.774. The maximum absolute atomic E-state index is 12.3. The largest absolute Gasteiger partial charge is 0.481 e. The molecule has 25 heavy (non-hydrogen) atoms. The lowest BCUT2D eigenvalue weighted by molar-refractivity contribution is -0.141. The molecule has 0 aliphatic carbocycles. The number of ether oxygens (including phenoxy) is 1. The normalized spacial score (nSPS) is 11.8. The smallest absolute Gasteiger partial charge is 0.308 e. The molecule has 0 bridgehead atoms. The Morgan fingerprint density at radius 1 is 1.12 bits per heavy atom. The molecule has 0 radical (unpaired) electrons. The van der Waals surface area contributed by atoms with Gasteiger partial charge in [0.1, 0.15) is 0 Å². The van der Waals surface area contributed by atoms with Gasteiger partial charge in [0.05, 0.1) is 12.5 Å². The Kier molecular flexibility index (Phi) is 6.71. The lowest BCUT2D eigenvalue weighted by Gasteiger charge is -2.14. The Bertz CT molecular complexity index is 742. The molecule has 2 aromatic rings. The molecule has 1 unspecified atom stereocenters. The summed E-state index contributed by atoms with van der Waals surface area (Å²) in [6, 6.07) is 14.8. The Balaban J connectivity index is 1.99. The fourth-order valence-corrected chi connectivity index (χ4v) is 2.66. The summed E-state index contributed by atoms with van der Waals surface area (Å²) in [5, 5.41) is 12.2. The van der Waals surface area contributed by atoms with Gasteiger partial charge in [0.25, 0.3) is 5.91 Å². The van der Waals surface area contributed by atoms with Gasteiger partial charge in [-0.05, 0) is 36.6 Å². The fraction of sp³-hybridized carbons (Fsp3) is 0.300. The second-order valence-electron chi connectivity index (χ2n) is 6.07. The lowest BCUT2D eigenvalue weighted by Crippen LogP contribution is -2.34. The van der Waals surface area contributed by atoms with Crippen molar-refractivity contribution in [3.8, 4) is 0 Å². The topological polar surface area (TPSA) is 75.6 Å². The number of aliphatic carboxylic acids is 1. The van der Waals surface area contributed by atoms with Gasteiger partial charge in [0, 0.05) is 19.2 Å². The molecule has 0 saturated heterocycles. The van der Waals surface area contributed by atoms with Gasteiger partial charge in [-0.15, -0.1) is 0 Å². The van der Waals surface area contributed by atoms with Crippen LogP contribution in [0.3, 0.4) is 0 Å². The van der Waals surface area contributed by atoms with Crippen LogP contribution in [0.4, 0.5) is 0 Å². The van der Waals surface area contributed by atoms with E-state index in [2.05, 4.69) is 5.32 Å². The third-order valence-electron chi connectivity index (χ3n) is 3.92. The van der Waals surface area contributed by atoms with Gasteiger partial charge in [-0.1, -0.05) is 42.0 Å². The van der Waals surface area contributed by atoms with E-state index in [0.717, 1.165) is 16.7 Å². The van der Waals surface area contributed by atoms with Crippen LogP contribution in [0, 0.1) is 12.8 Å². The van der Waals surface area contributed by atoms with E-state index in [0.29, 0.717) is 18.6 Å². The highest BCUT2D eigenvalue weighted by atomic mass is 16.5. The van der Waals surface area contributed by atoms with E-state index in [1.165, 1.54) is 0 Å². The third kappa shape index (κ3) is 5.72. The van der Waals surface area contributed by atoms with Crippen molar-refractivity contribution < 1.29 is 19.4 Å². The maximum Gasteiger partial charge on any atom is 0.308 e. The van der Waals surface area contributed by atoms with Crippen molar-refractivity contribution in [2.45, 2.75) is 20.0 Å². The summed E-state index contributed by atoms with van der Waals surface area (Å²) in [6.07, 6.45) is 0.376. The number of hydrogen-bond acceptors (Lipinski definition) is 3. The van der Waals surface area contributed by atoms with Gasteiger partial charge >= 0.3 is 5.97 Å². The number of rotatable bonds is 8. The first-order chi connectivity index (χ1) is 12.0. The van der Waals surface area contributed by atoms with Crippen LogP contribution in [0.25, 0.3) is 0 Å². The van der Waals surface area contributed by atoms with Crippen molar-refractivity contribution in [1.29, 1.82) is 0 Å². The highest BCUT2D eigenvalue weighted by Gasteiger charge is 2.19. The van der Waals surface area contributed by atoms with Gasteiger partial charge in [0.15, 0.2) is 0 Å². The number of amides is 1. The molecular formula is C20H23NO4. The zero-order chi connectivity index (χ0) is 18.2. The highest BCUT2D eigenvalue weighted by Crippen LogP contribution is 2.12. The summed E-state index contributed by atoms with van der Waals surface area (Å²) in [7, 11) is 1.59. The average molecular weight is 341 g/mol. The molecule has 0 aromatic heterocycles. The Labute approximate surface area is 147 Å². The van der Waals surface area contributed by atoms with Crippen LogP contribution < -0.4 is 5.32 Å². The molecule has 2 aromatic carbocycles. The number of methoxy groups -OCH3 is 1. The van der Waals surface area contributed by atoms with E-state index < -0.39 is 11.9 Å². The summed E-state index contributed by atoms with van der Waals surface area (Å²) >= 11 is 0. The van der Waals surface area contributed by atoms with Crippen LogP contribution >= 0.6 is 0 Å². The third-order valence-corrected chi connectivity index (χ3v) is 3.92. The van der Waals surface area contributed by atoms with Gasteiger partial charge in [0.2, 0.25) is 0 Å². The van der Waals surface area contributed by atoms with E-state index in [1.54, 1.807) is 25.3 Å². The predicted octanol–water partition coefficient (Wildman–Crippen LogP) is 2.81. The molecule has 0 spiro atoms. The van der Waals surface area contributed by atoms with E-state index >= 15 is 0 Å². The van der Waals surface area contributed by atoms with Crippen LogP contribution in [0.1, 0.15) is 27.0 Å². The zero-order valence-corrected chi connectivity index (χ0v) is 14.5. The maximum atomic E-state index is 12.3. The number of aryl methyl sites for hydroxylation is 1.